The highest BCUT2D eigenvalue weighted by Crippen LogP contribution is 2.30. The topological polar surface area (TPSA) is 96.2 Å². The number of hydrogen-bond acceptors (Lipinski definition) is 8. The molecule has 0 saturated carbocycles. The van der Waals surface area contributed by atoms with Crippen LogP contribution in [0.1, 0.15) is 34.4 Å². The zero-order valence-corrected chi connectivity index (χ0v) is 16.3. The molecule has 1 aromatic carbocycles. The van der Waals surface area contributed by atoms with Gasteiger partial charge in [-0.1, -0.05) is 5.16 Å². The average Bonchev–Trinajstić information content (AvgIpc) is 3.39. The van der Waals surface area contributed by atoms with Gasteiger partial charge in [-0.25, -0.2) is 0 Å². The highest BCUT2D eigenvalue weighted by molar-refractivity contribution is 5.97. The standard InChI is InChI=1S/C19H25N3O6/c1-24-8-9-27-12-17-20-18(21-28-17)13-6-7-22(11-13)19(23)15-5-4-14(25-2)10-16(15)26-3/h4-5,10,13H,6-9,11-12H2,1-3H3. The Morgan fingerprint density at radius 1 is 1.25 bits per heavy atom. The maximum atomic E-state index is 12.9. The molecule has 0 N–H and O–H groups in total. The number of amides is 1. The number of rotatable bonds is 9. The van der Waals surface area contributed by atoms with Gasteiger partial charge in [-0.3, -0.25) is 4.79 Å². The van der Waals surface area contributed by atoms with Crippen LogP contribution >= 0.6 is 0 Å². The normalized spacial score (nSPS) is 16.4. The van der Waals surface area contributed by atoms with E-state index in [1.54, 1.807) is 37.3 Å². The molecule has 2 aromatic rings. The van der Waals surface area contributed by atoms with E-state index in [4.69, 9.17) is 23.5 Å². The summed E-state index contributed by atoms with van der Waals surface area (Å²) in [5.74, 6) is 2.09. The summed E-state index contributed by atoms with van der Waals surface area (Å²) >= 11 is 0. The molecule has 1 amide bonds. The van der Waals surface area contributed by atoms with Crippen LogP contribution in [-0.4, -0.2) is 68.6 Å². The van der Waals surface area contributed by atoms with E-state index in [-0.39, 0.29) is 18.4 Å². The molecule has 0 radical (unpaired) electrons. The molecule has 28 heavy (non-hydrogen) atoms. The molecule has 0 spiro atoms. The van der Waals surface area contributed by atoms with Crippen LogP contribution in [0.5, 0.6) is 11.5 Å². The zero-order chi connectivity index (χ0) is 19.9. The van der Waals surface area contributed by atoms with Crippen LogP contribution in [0.2, 0.25) is 0 Å². The van der Waals surface area contributed by atoms with E-state index in [0.29, 0.717) is 55.1 Å². The Kier molecular flexibility index (Phi) is 6.83. The van der Waals surface area contributed by atoms with Crippen molar-refractivity contribution in [1.29, 1.82) is 0 Å². The predicted molar refractivity (Wildman–Crippen MR) is 98.6 cm³/mol. The lowest BCUT2D eigenvalue weighted by Crippen LogP contribution is -2.29. The van der Waals surface area contributed by atoms with Gasteiger partial charge in [-0.2, -0.15) is 4.98 Å². The summed E-state index contributed by atoms with van der Waals surface area (Å²) in [6.07, 6.45) is 0.772. The first-order valence-electron chi connectivity index (χ1n) is 9.06. The maximum Gasteiger partial charge on any atom is 0.257 e. The second kappa shape index (κ2) is 9.52. The Balaban J connectivity index is 1.61. The molecule has 1 saturated heterocycles. The van der Waals surface area contributed by atoms with Gasteiger partial charge in [0.15, 0.2) is 5.82 Å². The molecule has 0 aliphatic carbocycles. The van der Waals surface area contributed by atoms with Crippen LogP contribution in [-0.2, 0) is 16.1 Å². The molecule has 152 valence electrons. The Morgan fingerprint density at radius 3 is 2.86 bits per heavy atom. The van der Waals surface area contributed by atoms with Gasteiger partial charge < -0.3 is 28.4 Å². The molecular weight excluding hydrogens is 366 g/mol. The molecule has 1 aliphatic heterocycles. The second-order valence-electron chi connectivity index (χ2n) is 6.39. The SMILES string of the molecule is COCCOCc1nc(C2CCN(C(=O)c3ccc(OC)cc3OC)C2)no1. The Morgan fingerprint density at radius 2 is 2.11 bits per heavy atom. The molecular formula is C19H25N3O6. The van der Waals surface area contributed by atoms with Gasteiger partial charge in [0.05, 0.1) is 33.0 Å². The quantitative estimate of drug-likeness (QED) is 0.598. The van der Waals surface area contributed by atoms with Gasteiger partial charge in [0.2, 0.25) is 0 Å². The number of ether oxygens (including phenoxy) is 4. The summed E-state index contributed by atoms with van der Waals surface area (Å²) in [4.78, 5) is 19.1. The van der Waals surface area contributed by atoms with Crippen molar-refractivity contribution in [2.45, 2.75) is 18.9 Å². The summed E-state index contributed by atoms with van der Waals surface area (Å²) in [5, 5.41) is 4.04. The number of aromatic nitrogens is 2. The van der Waals surface area contributed by atoms with Crippen LogP contribution in [0.15, 0.2) is 22.7 Å². The minimum Gasteiger partial charge on any atom is -0.497 e. The third-order valence-corrected chi connectivity index (χ3v) is 4.62. The van der Waals surface area contributed by atoms with Crippen LogP contribution in [0, 0.1) is 0 Å². The molecule has 1 aliphatic rings. The smallest absolute Gasteiger partial charge is 0.257 e. The first-order chi connectivity index (χ1) is 13.7. The largest absolute Gasteiger partial charge is 0.497 e. The van der Waals surface area contributed by atoms with Crippen molar-refractivity contribution in [2.75, 3.05) is 47.6 Å². The van der Waals surface area contributed by atoms with E-state index in [9.17, 15) is 4.79 Å². The summed E-state index contributed by atoms with van der Waals surface area (Å²) in [6.45, 7) is 2.36. The van der Waals surface area contributed by atoms with Crippen LogP contribution in [0.25, 0.3) is 0 Å². The number of nitrogens with zero attached hydrogens (tertiary/aromatic N) is 3. The summed E-state index contributed by atoms with van der Waals surface area (Å²) in [6, 6.07) is 5.17. The molecule has 1 fully saturated rings. The van der Waals surface area contributed by atoms with Crippen LogP contribution in [0.4, 0.5) is 0 Å². The molecule has 1 atom stereocenters. The van der Waals surface area contributed by atoms with Crippen LogP contribution in [0.3, 0.4) is 0 Å². The predicted octanol–water partition coefficient (Wildman–Crippen LogP) is 1.88. The molecule has 1 unspecified atom stereocenters. The van der Waals surface area contributed by atoms with Gasteiger partial charge in [-0.15, -0.1) is 0 Å². The van der Waals surface area contributed by atoms with Crippen molar-refractivity contribution in [3.8, 4) is 11.5 Å². The van der Waals surface area contributed by atoms with Gasteiger partial charge >= 0.3 is 0 Å². The van der Waals surface area contributed by atoms with E-state index in [1.807, 2.05) is 0 Å². The van der Waals surface area contributed by atoms with Gasteiger partial charge in [-0.05, 0) is 18.6 Å². The lowest BCUT2D eigenvalue weighted by molar-refractivity contribution is 0.0494. The number of carbonyl (C=O) groups is 1. The van der Waals surface area contributed by atoms with E-state index in [0.717, 1.165) is 6.42 Å². The third-order valence-electron chi connectivity index (χ3n) is 4.62. The van der Waals surface area contributed by atoms with Crippen molar-refractivity contribution >= 4 is 5.91 Å². The number of carbonyl (C=O) groups excluding carboxylic acids is 1. The lowest BCUT2D eigenvalue weighted by Gasteiger charge is -2.18. The van der Waals surface area contributed by atoms with Crippen molar-refractivity contribution < 1.29 is 28.3 Å². The van der Waals surface area contributed by atoms with Crippen molar-refractivity contribution in [1.82, 2.24) is 15.0 Å². The molecule has 9 nitrogen and oxygen atoms in total. The zero-order valence-electron chi connectivity index (χ0n) is 16.3. The molecule has 1 aromatic heterocycles. The highest BCUT2D eigenvalue weighted by Gasteiger charge is 2.32. The number of likely N-dealkylation sites (tertiary alicyclic amines) is 1. The van der Waals surface area contributed by atoms with E-state index >= 15 is 0 Å². The first kappa shape index (κ1) is 20.1. The van der Waals surface area contributed by atoms with Crippen molar-refractivity contribution in [3.63, 3.8) is 0 Å². The maximum absolute atomic E-state index is 12.9. The lowest BCUT2D eigenvalue weighted by atomic mass is 10.1. The van der Waals surface area contributed by atoms with E-state index in [1.165, 1.54) is 7.11 Å². The Bertz CT molecular complexity index is 794. The fourth-order valence-electron chi connectivity index (χ4n) is 3.10. The van der Waals surface area contributed by atoms with E-state index < -0.39 is 0 Å². The number of benzene rings is 1. The van der Waals surface area contributed by atoms with Gasteiger partial charge in [0.1, 0.15) is 18.1 Å². The van der Waals surface area contributed by atoms with Crippen molar-refractivity contribution in [2.24, 2.45) is 0 Å². The van der Waals surface area contributed by atoms with E-state index in [2.05, 4.69) is 10.1 Å². The summed E-state index contributed by atoms with van der Waals surface area (Å²) < 4.78 is 26.1. The Labute approximate surface area is 163 Å². The fourth-order valence-corrected chi connectivity index (χ4v) is 3.10. The molecule has 9 heteroatoms. The highest BCUT2D eigenvalue weighted by atomic mass is 16.5. The summed E-state index contributed by atoms with van der Waals surface area (Å²) in [5.41, 5.74) is 0.504. The molecule has 0 bridgehead atoms. The number of methoxy groups -OCH3 is 3. The average molecular weight is 391 g/mol. The monoisotopic (exact) mass is 391 g/mol. The fraction of sp³-hybridized carbons (Fsp3) is 0.526. The Hall–Kier alpha value is -2.65. The minimum absolute atomic E-state index is 0.0321. The van der Waals surface area contributed by atoms with Gasteiger partial charge in [0, 0.05) is 32.2 Å². The van der Waals surface area contributed by atoms with Crippen molar-refractivity contribution in [3.05, 3.63) is 35.5 Å². The van der Waals surface area contributed by atoms with Crippen LogP contribution < -0.4 is 9.47 Å². The third kappa shape index (κ3) is 4.60. The second-order valence-corrected chi connectivity index (χ2v) is 6.39. The first-order valence-corrected chi connectivity index (χ1v) is 9.06. The summed E-state index contributed by atoms with van der Waals surface area (Å²) in [7, 11) is 4.72. The molecule has 3 rings (SSSR count). The minimum atomic E-state index is -0.0892. The van der Waals surface area contributed by atoms with Gasteiger partial charge in [0.25, 0.3) is 11.8 Å². The molecule has 2 heterocycles. The number of hydrogen-bond donors (Lipinski definition) is 0.